The van der Waals surface area contributed by atoms with Crippen molar-refractivity contribution in [3.63, 3.8) is 0 Å². The Balaban J connectivity index is 2.18. The van der Waals surface area contributed by atoms with E-state index in [9.17, 15) is 18.0 Å². The molecule has 0 atom stereocenters. The number of benzene rings is 1. The Bertz CT molecular complexity index is 1220. The van der Waals surface area contributed by atoms with E-state index in [4.69, 9.17) is 10.9 Å². The number of rotatable bonds is 14. The lowest BCUT2D eigenvalue weighted by Gasteiger charge is -2.14. The zero-order chi connectivity index (χ0) is 28.1. The van der Waals surface area contributed by atoms with Gasteiger partial charge < -0.3 is 9.90 Å². The molecule has 0 radical (unpaired) electrons. The number of aryl methyl sites for hydroxylation is 1. The van der Waals surface area contributed by atoms with E-state index < -0.39 is 11.7 Å². The molecule has 1 heterocycles. The number of carbonyl (C=O) groups excluding carboxylic acids is 1. The molecular weight excluding hydrogens is 493 g/mol. The van der Waals surface area contributed by atoms with Crippen molar-refractivity contribution in [3.05, 3.63) is 114 Å². The van der Waals surface area contributed by atoms with E-state index in [0.717, 1.165) is 40.9 Å². The van der Waals surface area contributed by atoms with Crippen molar-refractivity contribution in [2.75, 3.05) is 6.61 Å². The SMILES string of the molecule is C=C(/C=C\C(=C)n1nc(CCC=O)cc1/C(=C/C)C/C=C\Cc1ccc(C(F)(F)F)cc1)N(N)/C=C/CO. The monoisotopic (exact) mass is 526 g/mol. The van der Waals surface area contributed by atoms with Gasteiger partial charge in [0.2, 0.25) is 0 Å². The highest BCUT2D eigenvalue weighted by molar-refractivity contribution is 5.69. The number of alkyl halides is 3. The molecule has 1 aromatic heterocycles. The topological polar surface area (TPSA) is 84.4 Å². The van der Waals surface area contributed by atoms with Gasteiger partial charge in [0.1, 0.15) is 6.29 Å². The molecule has 0 bridgehead atoms. The quantitative estimate of drug-likeness (QED) is 0.106. The Morgan fingerprint density at radius 2 is 1.87 bits per heavy atom. The van der Waals surface area contributed by atoms with Gasteiger partial charge in [-0.05, 0) is 73.7 Å². The first-order chi connectivity index (χ1) is 18.1. The number of halogens is 3. The summed E-state index contributed by atoms with van der Waals surface area (Å²) in [5.41, 5.74) is 3.61. The van der Waals surface area contributed by atoms with Gasteiger partial charge in [0.25, 0.3) is 0 Å². The Kier molecular flexibility index (Phi) is 11.7. The van der Waals surface area contributed by atoms with Crippen LogP contribution in [0, 0.1) is 0 Å². The van der Waals surface area contributed by atoms with Crippen molar-refractivity contribution in [2.24, 2.45) is 5.84 Å². The van der Waals surface area contributed by atoms with Crippen molar-refractivity contribution < 1.29 is 23.1 Å². The van der Waals surface area contributed by atoms with E-state index >= 15 is 0 Å². The number of allylic oxidation sites excluding steroid dienone is 7. The number of aldehydes is 1. The van der Waals surface area contributed by atoms with E-state index in [0.29, 0.717) is 37.1 Å². The van der Waals surface area contributed by atoms with E-state index in [2.05, 4.69) is 18.3 Å². The van der Waals surface area contributed by atoms with Crippen LogP contribution in [0.1, 0.15) is 42.3 Å². The molecule has 0 aliphatic heterocycles. The minimum Gasteiger partial charge on any atom is -0.392 e. The molecule has 0 fully saturated rings. The number of aliphatic hydroxyl groups is 1. The smallest absolute Gasteiger partial charge is 0.392 e. The molecule has 38 heavy (non-hydrogen) atoms. The Morgan fingerprint density at radius 3 is 2.47 bits per heavy atom. The maximum atomic E-state index is 12.8. The average Bonchev–Trinajstić information content (AvgIpc) is 3.32. The minimum atomic E-state index is -4.35. The first-order valence-electron chi connectivity index (χ1n) is 12.0. The molecule has 202 valence electrons. The molecule has 0 aliphatic rings. The summed E-state index contributed by atoms with van der Waals surface area (Å²) in [7, 11) is 0. The van der Waals surface area contributed by atoms with Gasteiger partial charge in [-0.15, -0.1) is 0 Å². The lowest BCUT2D eigenvalue weighted by Crippen LogP contribution is -2.22. The van der Waals surface area contributed by atoms with Crippen LogP contribution in [-0.4, -0.2) is 32.8 Å². The molecule has 0 saturated heterocycles. The molecule has 2 aromatic rings. The summed E-state index contributed by atoms with van der Waals surface area (Å²) in [6, 6.07) is 7.03. The summed E-state index contributed by atoms with van der Waals surface area (Å²) in [6.07, 6.45) is 10.5. The average molecular weight is 527 g/mol. The third-order valence-electron chi connectivity index (χ3n) is 5.54. The second-order valence-electron chi connectivity index (χ2n) is 8.32. The van der Waals surface area contributed by atoms with Gasteiger partial charge in [-0.2, -0.15) is 18.3 Å². The number of hydrogen-bond donors (Lipinski definition) is 2. The largest absolute Gasteiger partial charge is 0.416 e. The number of aliphatic hydroxyl groups excluding tert-OH is 1. The first kappa shape index (κ1) is 30.3. The Labute approximate surface area is 221 Å². The van der Waals surface area contributed by atoms with E-state index in [1.807, 2.05) is 31.2 Å². The standard InChI is InChI=1S/C29H33F3N4O2/c1-4-25(10-6-5-9-24-14-16-26(17-15-24)29(30,31)32)28-21-27(11-7-19-37)34-36(28)23(3)13-12-22(2)35(33)18-8-20-38/h4-6,8,12-19,21,38H,2-3,7,9-11,20,33H2,1H3/b6-5-,13-12-,18-8+,25-4+. The molecule has 2 rings (SSSR count). The highest BCUT2D eigenvalue weighted by Gasteiger charge is 2.29. The predicted octanol–water partition coefficient (Wildman–Crippen LogP) is 5.85. The molecule has 0 spiro atoms. The number of nitrogens with zero attached hydrogens (tertiary/aromatic N) is 3. The van der Waals surface area contributed by atoms with Crippen LogP contribution < -0.4 is 5.84 Å². The summed E-state index contributed by atoms with van der Waals surface area (Å²) < 4.78 is 40.0. The first-order valence-corrected chi connectivity index (χ1v) is 12.0. The molecule has 0 amide bonds. The van der Waals surface area contributed by atoms with Gasteiger partial charge >= 0.3 is 6.18 Å². The predicted molar refractivity (Wildman–Crippen MR) is 145 cm³/mol. The van der Waals surface area contributed by atoms with Gasteiger partial charge in [-0.1, -0.05) is 43.5 Å². The minimum absolute atomic E-state index is 0.150. The fourth-order valence-electron chi connectivity index (χ4n) is 3.44. The molecule has 1 aromatic carbocycles. The summed E-state index contributed by atoms with van der Waals surface area (Å²) in [5, 5.41) is 14.8. The summed E-state index contributed by atoms with van der Waals surface area (Å²) >= 11 is 0. The van der Waals surface area contributed by atoms with Crippen molar-refractivity contribution in [1.82, 2.24) is 14.8 Å². The van der Waals surface area contributed by atoms with Crippen LogP contribution in [-0.2, 0) is 23.8 Å². The van der Waals surface area contributed by atoms with Gasteiger partial charge in [0.05, 0.1) is 29.3 Å². The maximum absolute atomic E-state index is 12.8. The van der Waals surface area contributed by atoms with Gasteiger partial charge in [-0.3, -0.25) is 5.01 Å². The highest BCUT2D eigenvalue weighted by atomic mass is 19.4. The third-order valence-corrected chi connectivity index (χ3v) is 5.54. The zero-order valence-corrected chi connectivity index (χ0v) is 21.4. The summed E-state index contributed by atoms with van der Waals surface area (Å²) in [6.45, 7) is 9.74. The summed E-state index contributed by atoms with van der Waals surface area (Å²) in [5.74, 6) is 5.86. The molecule has 9 heteroatoms. The lowest BCUT2D eigenvalue weighted by atomic mass is 10.1. The van der Waals surface area contributed by atoms with Gasteiger partial charge in [0.15, 0.2) is 0 Å². The van der Waals surface area contributed by atoms with Crippen LogP contribution in [0.2, 0.25) is 0 Å². The van der Waals surface area contributed by atoms with Crippen LogP contribution >= 0.6 is 0 Å². The Hall–Kier alpha value is -3.95. The molecule has 3 N–H and O–H groups in total. The third kappa shape index (κ3) is 9.17. The maximum Gasteiger partial charge on any atom is 0.416 e. The number of nitrogens with two attached hydrogens (primary N) is 1. The molecule has 0 aliphatic carbocycles. The van der Waals surface area contributed by atoms with E-state index in [1.165, 1.54) is 29.4 Å². The Morgan fingerprint density at radius 1 is 1.16 bits per heavy atom. The molecular formula is C29H33F3N4O2. The van der Waals surface area contributed by atoms with Crippen molar-refractivity contribution in [1.29, 1.82) is 0 Å². The number of hydrazine groups is 1. The van der Waals surface area contributed by atoms with Crippen molar-refractivity contribution >= 4 is 17.6 Å². The van der Waals surface area contributed by atoms with E-state index in [-0.39, 0.29) is 6.61 Å². The second-order valence-corrected chi connectivity index (χ2v) is 8.32. The van der Waals surface area contributed by atoms with Crippen LogP contribution in [0.4, 0.5) is 13.2 Å². The number of aromatic nitrogens is 2. The molecule has 0 saturated carbocycles. The fourth-order valence-corrected chi connectivity index (χ4v) is 3.44. The van der Waals surface area contributed by atoms with E-state index in [1.54, 1.807) is 16.8 Å². The zero-order valence-electron chi connectivity index (χ0n) is 21.4. The van der Waals surface area contributed by atoms with Crippen molar-refractivity contribution in [3.8, 4) is 0 Å². The highest BCUT2D eigenvalue weighted by Crippen LogP contribution is 2.29. The number of carbonyl (C=O) groups is 1. The van der Waals surface area contributed by atoms with Crippen LogP contribution in [0.3, 0.4) is 0 Å². The number of hydrogen-bond acceptors (Lipinski definition) is 5. The normalized spacial score (nSPS) is 12.6. The van der Waals surface area contributed by atoms with Gasteiger partial charge in [-0.25, -0.2) is 10.5 Å². The van der Waals surface area contributed by atoms with Crippen molar-refractivity contribution in [2.45, 2.75) is 38.8 Å². The fraction of sp³-hybridized carbons (Fsp3) is 0.241. The lowest BCUT2D eigenvalue weighted by molar-refractivity contribution is -0.137. The van der Waals surface area contributed by atoms with Crippen LogP contribution in [0.25, 0.3) is 11.3 Å². The van der Waals surface area contributed by atoms with Crippen LogP contribution in [0.5, 0.6) is 0 Å². The van der Waals surface area contributed by atoms with Gasteiger partial charge in [0, 0.05) is 18.3 Å². The summed E-state index contributed by atoms with van der Waals surface area (Å²) in [4.78, 5) is 10.9. The molecule has 0 unspecified atom stereocenters. The van der Waals surface area contributed by atoms with Crippen LogP contribution in [0.15, 0.2) is 91.8 Å². The molecule has 6 nitrogen and oxygen atoms in total. The second kappa shape index (κ2) is 14.7.